The van der Waals surface area contributed by atoms with E-state index in [0.29, 0.717) is 18.3 Å². The molecule has 5 heteroatoms. The van der Waals surface area contributed by atoms with Gasteiger partial charge in [0.2, 0.25) is 11.7 Å². The van der Waals surface area contributed by atoms with E-state index < -0.39 is 0 Å². The quantitative estimate of drug-likeness (QED) is 0.937. The molecule has 0 aliphatic carbocycles. The van der Waals surface area contributed by atoms with Crippen LogP contribution in [0.1, 0.15) is 26.2 Å². The molecule has 21 heavy (non-hydrogen) atoms. The van der Waals surface area contributed by atoms with Gasteiger partial charge < -0.3 is 10.3 Å². The predicted molar refractivity (Wildman–Crippen MR) is 81.4 cm³/mol. The first-order chi connectivity index (χ1) is 10.0. The third kappa shape index (κ3) is 3.14. The maximum atomic E-state index is 6.17. The number of piperidine rings is 1. The van der Waals surface area contributed by atoms with Crippen molar-refractivity contribution in [3.63, 3.8) is 0 Å². The number of benzene rings is 1. The van der Waals surface area contributed by atoms with Crippen LogP contribution >= 0.6 is 0 Å². The zero-order valence-corrected chi connectivity index (χ0v) is 12.6. The Hall–Kier alpha value is -1.72. The number of hydrogen-bond acceptors (Lipinski definition) is 5. The lowest BCUT2D eigenvalue weighted by molar-refractivity contribution is 0.0811. The largest absolute Gasteiger partial charge is 0.338 e. The van der Waals surface area contributed by atoms with Crippen molar-refractivity contribution >= 4 is 0 Å². The van der Waals surface area contributed by atoms with E-state index in [1.165, 1.54) is 0 Å². The molecule has 0 amide bonds. The molecule has 1 atom stereocenters. The van der Waals surface area contributed by atoms with E-state index in [-0.39, 0.29) is 11.5 Å². The van der Waals surface area contributed by atoms with Gasteiger partial charge in [-0.1, -0.05) is 49.3 Å². The first-order valence-corrected chi connectivity index (χ1v) is 7.40. The maximum Gasteiger partial charge on any atom is 0.241 e. The minimum absolute atomic E-state index is 0.126. The Morgan fingerprint density at radius 2 is 2.10 bits per heavy atom. The van der Waals surface area contributed by atoms with Crippen LogP contribution < -0.4 is 5.73 Å². The third-order valence-electron chi connectivity index (χ3n) is 4.25. The van der Waals surface area contributed by atoms with E-state index in [1.807, 2.05) is 30.3 Å². The van der Waals surface area contributed by atoms with Crippen LogP contribution in [0.15, 0.2) is 34.9 Å². The Morgan fingerprint density at radius 1 is 1.33 bits per heavy atom. The summed E-state index contributed by atoms with van der Waals surface area (Å²) >= 11 is 0. The van der Waals surface area contributed by atoms with Gasteiger partial charge in [0.1, 0.15) is 0 Å². The van der Waals surface area contributed by atoms with Gasteiger partial charge >= 0.3 is 0 Å². The Balaban J connectivity index is 1.68. The first-order valence-electron chi connectivity index (χ1n) is 7.40. The van der Waals surface area contributed by atoms with Crippen LogP contribution in [-0.4, -0.2) is 34.2 Å². The van der Waals surface area contributed by atoms with Gasteiger partial charge in [0.15, 0.2) is 0 Å². The lowest BCUT2D eigenvalue weighted by atomic mass is 9.80. The van der Waals surface area contributed by atoms with Crippen molar-refractivity contribution in [2.24, 2.45) is 11.1 Å². The third-order valence-corrected chi connectivity index (χ3v) is 4.25. The Kier molecular flexibility index (Phi) is 3.78. The molecule has 1 aromatic carbocycles. The van der Waals surface area contributed by atoms with Gasteiger partial charge in [-0.3, -0.25) is 4.90 Å². The summed E-state index contributed by atoms with van der Waals surface area (Å²) in [4.78, 5) is 6.83. The van der Waals surface area contributed by atoms with Gasteiger partial charge in [0, 0.05) is 24.7 Å². The number of nitrogens with zero attached hydrogens (tertiary/aromatic N) is 3. The molecule has 0 bridgehead atoms. The molecule has 2 N–H and O–H groups in total. The lowest BCUT2D eigenvalue weighted by Gasteiger charge is -2.42. The molecule has 1 aliphatic heterocycles. The van der Waals surface area contributed by atoms with Crippen molar-refractivity contribution in [2.75, 3.05) is 13.1 Å². The Labute approximate surface area is 125 Å². The molecule has 5 nitrogen and oxygen atoms in total. The van der Waals surface area contributed by atoms with E-state index in [1.54, 1.807) is 0 Å². The zero-order chi connectivity index (χ0) is 14.9. The standard InChI is InChI=1S/C16H22N4O/c1-16(2)11-20(9-8-13(16)17)10-14-18-15(19-21-14)12-6-4-3-5-7-12/h3-7,13H,8-11,17H2,1-2H3. The molecule has 112 valence electrons. The van der Waals surface area contributed by atoms with Gasteiger partial charge in [-0.15, -0.1) is 0 Å². The molecule has 0 saturated carbocycles. The predicted octanol–water partition coefficient (Wildman–Crippen LogP) is 2.30. The molecule has 2 heterocycles. The fourth-order valence-corrected chi connectivity index (χ4v) is 2.83. The average molecular weight is 286 g/mol. The summed E-state index contributed by atoms with van der Waals surface area (Å²) in [5, 5.41) is 4.07. The van der Waals surface area contributed by atoms with Crippen molar-refractivity contribution in [3.05, 3.63) is 36.2 Å². The first kappa shape index (κ1) is 14.2. The number of aromatic nitrogens is 2. The highest BCUT2D eigenvalue weighted by Gasteiger charge is 2.33. The van der Waals surface area contributed by atoms with Crippen molar-refractivity contribution in [1.82, 2.24) is 15.0 Å². The van der Waals surface area contributed by atoms with Crippen molar-refractivity contribution in [3.8, 4) is 11.4 Å². The molecule has 2 aromatic rings. The number of rotatable bonds is 3. The van der Waals surface area contributed by atoms with Crippen LogP contribution in [0.5, 0.6) is 0 Å². The molecule has 1 saturated heterocycles. The summed E-state index contributed by atoms with van der Waals surface area (Å²) in [6.07, 6.45) is 1.01. The molecule has 0 radical (unpaired) electrons. The Morgan fingerprint density at radius 3 is 2.81 bits per heavy atom. The van der Waals surface area contributed by atoms with Crippen LogP contribution in [-0.2, 0) is 6.54 Å². The van der Waals surface area contributed by atoms with E-state index in [0.717, 1.165) is 25.1 Å². The average Bonchev–Trinajstić information content (AvgIpc) is 2.92. The van der Waals surface area contributed by atoms with Crippen molar-refractivity contribution in [2.45, 2.75) is 32.9 Å². The summed E-state index contributed by atoms with van der Waals surface area (Å²) in [5.41, 5.74) is 7.28. The fraction of sp³-hybridized carbons (Fsp3) is 0.500. The van der Waals surface area contributed by atoms with Crippen LogP contribution in [0.3, 0.4) is 0 Å². The van der Waals surface area contributed by atoms with Crippen molar-refractivity contribution < 1.29 is 4.52 Å². The summed E-state index contributed by atoms with van der Waals surface area (Å²) in [6.45, 7) is 7.06. The zero-order valence-electron chi connectivity index (χ0n) is 12.6. The topological polar surface area (TPSA) is 68.2 Å². The van der Waals surface area contributed by atoms with Gasteiger partial charge in [-0.25, -0.2) is 0 Å². The normalized spacial score (nSPS) is 22.3. The van der Waals surface area contributed by atoms with Gasteiger partial charge in [0.05, 0.1) is 6.54 Å². The number of hydrogen-bond donors (Lipinski definition) is 1. The second kappa shape index (κ2) is 5.58. The molecule has 0 spiro atoms. The second-order valence-corrected chi connectivity index (χ2v) is 6.47. The van der Waals surface area contributed by atoms with E-state index >= 15 is 0 Å². The van der Waals surface area contributed by atoms with Crippen molar-refractivity contribution in [1.29, 1.82) is 0 Å². The fourth-order valence-electron chi connectivity index (χ4n) is 2.83. The molecule has 1 aromatic heterocycles. The minimum atomic E-state index is 0.126. The molecule has 1 aliphatic rings. The molecular weight excluding hydrogens is 264 g/mol. The second-order valence-electron chi connectivity index (χ2n) is 6.47. The van der Waals surface area contributed by atoms with E-state index in [2.05, 4.69) is 28.9 Å². The Bertz CT molecular complexity index is 593. The maximum absolute atomic E-state index is 6.17. The lowest BCUT2D eigenvalue weighted by Crippen LogP contribution is -2.52. The SMILES string of the molecule is CC1(C)CN(Cc2nc(-c3ccccc3)no2)CCC1N. The van der Waals surface area contributed by atoms with Crippen LogP contribution in [0.25, 0.3) is 11.4 Å². The summed E-state index contributed by atoms with van der Waals surface area (Å²) in [5.74, 6) is 1.32. The van der Waals surface area contributed by atoms with E-state index in [4.69, 9.17) is 10.3 Å². The molecule has 3 rings (SSSR count). The van der Waals surface area contributed by atoms with E-state index in [9.17, 15) is 0 Å². The minimum Gasteiger partial charge on any atom is -0.338 e. The van der Waals surface area contributed by atoms with Gasteiger partial charge in [-0.2, -0.15) is 4.98 Å². The highest BCUT2D eigenvalue weighted by molar-refractivity contribution is 5.53. The molecule has 1 unspecified atom stereocenters. The van der Waals surface area contributed by atoms with Gasteiger partial charge in [0.25, 0.3) is 0 Å². The van der Waals surface area contributed by atoms with Crippen LogP contribution in [0, 0.1) is 5.41 Å². The summed E-state index contributed by atoms with van der Waals surface area (Å²) < 4.78 is 5.38. The monoisotopic (exact) mass is 286 g/mol. The highest BCUT2D eigenvalue weighted by atomic mass is 16.5. The summed E-state index contributed by atoms with van der Waals surface area (Å²) in [6, 6.07) is 10.1. The molecule has 1 fully saturated rings. The summed E-state index contributed by atoms with van der Waals surface area (Å²) in [7, 11) is 0. The van der Waals surface area contributed by atoms with Crippen LogP contribution in [0.2, 0.25) is 0 Å². The number of nitrogens with two attached hydrogens (primary N) is 1. The van der Waals surface area contributed by atoms with Crippen LogP contribution in [0.4, 0.5) is 0 Å². The number of likely N-dealkylation sites (tertiary alicyclic amines) is 1. The molecular formula is C16H22N4O. The highest BCUT2D eigenvalue weighted by Crippen LogP contribution is 2.28. The smallest absolute Gasteiger partial charge is 0.241 e. The van der Waals surface area contributed by atoms with Gasteiger partial charge in [-0.05, 0) is 11.8 Å².